The molecule has 2 aromatic heterocycles. The zero-order valence-corrected chi connectivity index (χ0v) is 15.6. The Labute approximate surface area is 163 Å². The number of benzene rings is 1. The lowest BCUT2D eigenvalue weighted by Gasteiger charge is -2.10. The van der Waals surface area contributed by atoms with Crippen molar-refractivity contribution in [2.75, 3.05) is 0 Å². The third kappa shape index (κ3) is 4.66. The summed E-state index contributed by atoms with van der Waals surface area (Å²) in [4.78, 5) is 10.2. The van der Waals surface area contributed by atoms with E-state index >= 15 is 0 Å². The van der Waals surface area contributed by atoms with Gasteiger partial charge in [-0.05, 0) is 12.1 Å². The van der Waals surface area contributed by atoms with Gasteiger partial charge in [0.2, 0.25) is 0 Å². The van der Waals surface area contributed by atoms with Crippen LogP contribution >= 0.6 is 23.4 Å². The fourth-order valence-corrected chi connectivity index (χ4v) is 3.20. The van der Waals surface area contributed by atoms with Gasteiger partial charge in [0.1, 0.15) is 24.8 Å². The van der Waals surface area contributed by atoms with E-state index in [0.717, 1.165) is 0 Å². The van der Waals surface area contributed by atoms with E-state index in [-0.39, 0.29) is 12.3 Å². The molecule has 0 atom stereocenters. The Morgan fingerprint density at radius 3 is 2.89 bits per heavy atom. The van der Waals surface area contributed by atoms with E-state index < -0.39 is 4.92 Å². The predicted molar refractivity (Wildman–Crippen MR) is 101 cm³/mol. The molecule has 27 heavy (non-hydrogen) atoms. The number of thioether (sulfide) groups is 1. The van der Waals surface area contributed by atoms with Gasteiger partial charge >= 0.3 is 5.69 Å². The Morgan fingerprint density at radius 1 is 1.37 bits per heavy atom. The van der Waals surface area contributed by atoms with Crippen LogP contribution in [0.1, 0.15) is 5.82 Å². The van der Waals surface area contributed by atoms with Crippen molar-refractivity contribution < 1.29 is 9.66 Å². The molecular formula is C16H15ClN6O3S. The summed E-state index contributed by atoms with van der Waals surface area (Å²) in [6, 6.07) is 7.18. The van der Waals surface area contributed by atoms with E-state index in [1.165, 1.54) is 28.8 Å². The second kappa shape index (κ2) is 8.69. The largest absolute Gasteiger partial charge is 0.484 e. The van der Waals surface area contributed by atoms with Gasteiger partial charge < -0.3 is 4.74 Å². The summed E-state index contributed by atoms with van der Waals surface area (Å²) in [5.74, 6) is 1.53. The van der Waals surface area contributed by atoms with Crippen LogP contribution in [0.2, 0.25) is 5.02 Å². The predicted octanol–water partition coefficient (Wildman–Crippen LogP) is 3.55. The molecule has 0 saturated heterocycles. The van der Waals surface area contributed by atoms with E-state index in [9.17, 15) is 10.1 Å². The molecule has 140 valence electrons. The minimum absolute atomic E-state index is 0.0583. The Bertz CT molecular complexity index is 957. The van der Waals surface area contributed by atoms with Gasteiger partial charge in [0.15, 0.2) is 11.0 Å². The van der Waals surface area contributed by atoms with Crippen molar-refractivity contribution in [1.29, 1.82) is 0 Å². The van der Waals surface area contributed by atoms with Crippen LogP contribution in [0.15, 0.2) is 54.5 Å². The summed E-state index contributed by atoms with van der Waals surface area (Å²) in [6.07, 6.45) is 4.30. The number of hydrogen-bond acceptors (Lipinski definition) is 7. The minimum atomic E-state index is -0.488. The summed E-state index contributed by atoms with van der Waals surface area (Å²) < 4.78 is 9.05. The zero-order chi connectivity index (χ0) is 19.2. The van der Waals surface area contributed by atoms with Crippen molar-refractivity contribution in [3.05, 3.63) is 70.3 Å². The molecule has 0 aliphatic carbocycles. The maximum absolute atomic E-state index is 10.7. The Morgan fingerprint density at radius 2 is 2.19 bits per heavy atom. The molecular weight excluding hydrogens is 392 g/mol. The molecule has 0 aliphatic heterocycles. The normalized spacial score (nSPS) is 10.7. The van der Waals surface area contributed by atoms with Gasteiger partial charge in [-0.1, -0.05) is 41.6 Å². The molecule has 0 amide bonds. The monoisotopic (exact) mass is 406 g/mol. The minimum Gasteiger partial charge on any atom is -0.484 e. The van der Waals surface area contributed by atoms with E-state index in [0.29, 0.717) is 34.2 Å². The lowest BCUT2D eigenvalue weighted by Crippen LogP contribution is -2.08. The van der Waals surface area contributed by atoms with Gasteiger partial charge in [-0.2, -0.15) is 5.10 Å². The molecule has 0 N–H and O–H groups in total. The summed E-state index contributed by atoms with van der Waals surface area (Å²) in [5, 5.41) is 24.2. The van der Waals surface area contributed by atoms with E-state index in [2.05, 4.69) is 21.9 Å². The maximum atomic E-state index is 10.7. The molecule has 0 spiro atoms. The third-order valence-electron chi connectivity index (χ3n) is 3.45. The Balaban J connectivity index is 1.69. The highest BCUT2D eigenvalue weighted by Crippen LogP contribution is 2.25. The average molecular weight is 407 g/mol. The lowest BCUT2D eigenvalue weighted by molar-refractivity contribution is -0.385. The first-order valence-electron chi connectivity index (χ1n) is 7.78. The molecule has 2 heterocycles. The van der Waals surface area contributed by atoms with E-state index in [4.69, 9.17) is 16.3 Å². The molecule has 3 rings (SSSR count). The smallest absolute Gasteiger partial charge is 0.307 e. The summed E-state index contributed by atoms with van der Waals surface area (Å²) in [6.45, 7) is 4.44. The van der Waals surface area contributed by atoms with Crippen molar-refractivity contribution in [2.45, 2.75) is 24.2 Å². The molecule has 0 aliphatic rings. The number of nitro groups is 1. The summed E-state index contributed by atoms with van der Waals surface area (Å²) >= 11 is 7.44. The van der Waals surface area contributed by atoms with Crippen molar-refractivity contribution in [3.8, 4) is 5.75 Å². The van der Waals surface area contributed by atoms with Crippen LogP contribution in [0.4, 0.5) is 5.69 Å². The number of nitrogens with zero attached hydrogens (tertiary/aromatic N) is 6. The quantitative estimate of drug-likeness (QED) is 0.232. The van der Waals surface area contributed by atoms with Gasteiger partial charge in [0, 0.05) is 6.54 Å². The number of allylic oxidation sites excluding steroid dienone is 1. The van der Waals surface area contributed by atoms with Crippen molar-refractivity contribution in [2.24, 2.45) is 0 Å². The second-order valence-corrected chi connectivity index (χ2v) is 6.60. The molecule has 1 aromatic carbocycles. The molecule has 0 bridgehead atoms. The van der Waals surface area contributed by atoms with Crippen LogP contribution in [0.3, 0.4) is 0 Å². The lowest BCUT2D eigenvalue weighted by atomic mass is 10.3. The van der Waals surface area contributed by atoms with Crippen LogP contribution in [0, 0.1) is 10.1 Å². The van der Waals surface area contributed by atoms with Gasteiger partial charge in [0.05, 0.1) is 15.8 Å². The third-order valence-corrected chi connectivity index (χ3v) is 4.72. The second-order valence-electron chi connectivity index (χ2n) is 5.29. The topological polar surface area (TPSA) is 101 Å². The van der Waals surface area contributed by atoms with E-state index in [1.54, 1.807) is 18.2 Å². The van der Waals surface area contributed by atoms with Crippen molar-refractivity contribution >= 4 is 29.1 Å². The number of para-hydroxylation sites is 1. The first-order chi connectivity index (χ1) is 13.1. The number of ether oxygens (including phenoxy) is 1. The number of aromatic nitrogens is 5. The number of halogens is 1. The SMILES string of the molecule is C=CCn1c(COc2ccccc2Cl)nnc1SCn1cc([N+](=O)[O-])cn1. The molecule has 0 fully saturated rings. The number of rotatable bonds is 9. The zero-order valence-electron chi connectivity index (χ0n) is 14.1. The molecule has 9 nitrogen and oxygen atoms in total. The van der Waals surface area contributed by atoms with Gasteiger partial charge in [-0.3, -0.25) is 19.4 Å². The van der Waals surface area contributed by atoms with Gasteiger partial charge in [-0.15, -0.1) is 16.8 Å². The van der Waals surface area contributed by atoms with Crippen LogP contribution in [0.25, 0.3) is 0 Å². The van der Waals surface area contributed by atoms with Crippen molar-refractivity contribution in [3.63, 3.8) is 0 Å². The van der Waals surface area contributed by atoms with Gasteiger partial charge in [0.25, 0.3) is 0 Å². The summed E-state index contributed by atoms with van der Waals surface area (Å²) in [7, 11) is 0. The van der Waals surface area contributed by atoms with Crippen LogP contribution in [0.5, 0.6) is 5.75 Å². The fraction of sp³-hybridized carbons (Fsp3) is 0.188. The first-order valence-corrected chi connectivity index (χ1v) is 9.14. The van der Waals surface area contributed by atoms with Crippen LogP contribution in [-0.2, 0) is 19.0 Å². The molecule has 0 unspecified atom stereocenters. The number of hydrogen-bond donors (Lipinski definition) is 0. The highest BCUT2D eigenvalue weighted by atomic mass is 35.5. The highest BCUT2D eigenvalue weighted by Gasteiger charge is 2.14. The Hall–Kier alpha value is -2.85. The maximum Gasteiger partial charge on any atom is 0.307 e. The van der Waals surface area contributed by atoms with E-state index in [1.807, 2.05) is 16.7 Å². The van der Waals surface area contributed by atoms with Crippen LogP contribution < -0.4 is 4.74 Å². The first kappa shape index (κ1) is 18.9. The Kier molecular flexibility index (Phi) is 6.09. The molecule has 0 radical (unpaired) electrons. The fourth-order valence-electron chi connectivity index (χ4n) is 2.19. The van der Waals surface area contributed by atoms with Crippen LogP contribution in [-0.4, -0.2) is 29.5 Å². The van der Waals surface area contributed by atoms with Gasteiger partial charge in [-0.25, -0.2) is 0 Å². The van der Waals surface area contributed by atoms with Crippen molar-refractivity contribution in [1.82, 2.24) is 24.5 Å². The highest BCUT2D eigenvalue weighted by molar-refractivity contribution is 7.98. The molecule has 11 heteroatoms. The standard InChI is InChI=1S/C16H15ClN6O3S/c1-2-7-22-15(10-26-14-6-4-3-5-13(14)17)19-20-16(22)27-11-21-9-12(8-18-21)23(24)25/h2-6,8-9H,1,7,10-11H2. The summed E-state index contributed by atoms with van der Waals surface area (Å²) in [5.41, 5.74) is -0.0583. The average Bonchev–Trinajstić information content (AvgIpc) is 3.27. The molecule has 0 saturated carbocycles. The molecule has 3 aromatic rings.